The van der Waals surface area contributed by atoms with Crippen LogP contribution in [0.3, 0.4) is 0 Å². The molecule has 0 aromatic heterocycles. The molecule has 1 unspecified atom stereocenters. The molecule has 0 N–H and O–H groups in total. The van der Waals surface area contributed by atoms with Crippen molar-refractivity contribution in [1.29, 1.82) is 0 Å². The Morgan fingerprint density at radius 3 is 2.13 bits per heavy atom. The molecule has 1 fully saturated rings. The van der Waals surface area contributed by atoms with E-state index in [1.807, 2.05) is 36.4 Å². The standard InChI is InChI=1S/C28H31NO2/c1-2-28(21-23-11-5-3-6-12-23,27(30)24-13-7-4-8-14-24)22-25-15-9-10-16-26(25)29-17-19-31-20-18-29/h3-16H,2,17-22H2,1H3. The maximum atomic E-state index is 14.0. The number of Topliss-reactive ketones (excluding diaryl/α,β-unsaturated/α-hetero) is 1. The first-order valence-electron chi connectivity index (χ1n) is 11.3. The average Bonchev–Trinajstić information content (AvgIpc) is 2.85. The highest BCUT2D eigenvalue weighted by Gasteiger charge is 2.38. The lowest BCUT2D eigenvalue weighted by molar-refractivity contribution is 0.0779. The normalized spacial score (nSPS) is 16.0. The zero-order valence-electron chi connectivity index (χ0n) is 18.3. The van der Waals surface area contributed by atoms with Crippen LogP contribution >= 0.6 is 0 Å². The Hall–Kier alpha value is -2.91. The van der Waals surface area contributed by atoms with Gasteiger partial charge in [0, 0.05) is 29.8 Å². The summed E-state index contributed by atoms with van der Waals surface area (Å²) >= 11 is 0. The molecule has 1 heterocycles. The summed E-state index contributed by atoms with van der Waals surface area (Å²) in [5, 5.41) is 0. The summed E-state index contributed by atoms with van der Waals surface area (Å²) in [4.78, 5) is 16.4. The van der Waals surface area contributed by atoms with E-state index < -0.39 is 5.41 Å². The van der Waals surface area contributed by atoms with Gasteiger partial charge in [0.1, 0.15) is 0 Å². The molecule has 0 radical (unpaired) electrons. The Morgan fingerprint density at radius 1 is 0.839 bits per heavy atom. The zero-order chi connectivity index (χ0) is 21.5. The number of ether oxygens (including phenoxy) is 1. The Labute approximate surface area is 185 Å². The van der Waals surface area contributed by atoms with Crippen LogP contribution in [0.1, 0.15) is 34.8 Å². The number of hydrogen-bond acceptors (Lipinski definition) is 3. The van der Waals surface area contributed by atoms with Gasteiger partial charge in [-0.05, 0) is 36.5 Å². The van der Waals surface area contributed by atoms with E-state index in [4.69, 9.17) is 4.74 Å². The Morgan fingerprint density at radius 2 is 1.45 bits per heavy atom. The lowest BCUT2D eigenvalue weighted by atomic mass is 9.69. The number of morpholine rings is 1. The van der Waals surface area contributed by atoms with E-state index in [-0.39, 0.29) is 5.78 Å². The van der Waals surface area contributed by atoms with Crippen LogP contribution in [0.2, 0.25) is 0 Å². The fraction of sp³-hybridized carbons (Fsp3) is 0.321. The molecule has 1 atom stereocenters. The lowest BCUT2D eigenvalue weighted by Gasteiger charge is -2.35. The van der Waals surface area contributed by atoms with Crippen LogP contribution in [0, 0.1) is 5.41 Å². The van der Waals surface area contributed by atoms with Crippen molar-refractivity contribution >= 4 is 11.5 Å². The van der Waals surface area contributed by atoms with E-state index in [9.17, 15) is 4.79 Å². The molecule has 0 aliphatic carbocycles. The van der Waals surface area contributed by atoms with Crippen LogP contribution in [0.5, 0.6) is 0 Å². The molecule has 3 nitrogen and oxygen atoms in total. The monoisotopic (exact) mass is 413 g/mol. The second-order valence-corrected chi connectivity index (χ2v) is 8.40. The quantitative estimate of drug-likeness (QED) is 0.451. The van der Waals surface area contributed by atoms with E-state index in [2.05, 4.69) is 60.4 Å². The van der Waals surface area contributed by atoms with Crippen molar-refractivity contribution in [2.75, 3.05) is 31.2 Å². The van der Waals surface area contributed by atoms with Crippen molar-refractivity contribution in [3.63, 3.8) is 0 Å². The SMILES string of the molecule is CCC(Cc1ccccc1)(Cc1ccccc1N1CCOCC1)C(=O)c1ccccc1. The molecule has 1 aliphatic heterocycles. The smallest absolute Gasteiger partial charge is 0.169 e. The van der Waals surface area contributed by atoms with Crippen molar-refractivity contribution in [3.8, 4) is 0 Å². The van der Waals surface area contributed by atoms with E-state index >= 15 is 0 Å². The fourth-order valence-electron chi connectivity index (χ4n) is 4.65. The third-order valence-electron chi connectivity index (χ3n) is 6.45. The molecule has 3 heteroatoms. The van der Waals surface area contributed by atoms with Crippen molar-refractivity contribution in [1.82, 2.24) is 0 Å². The minimum atomic E-state index is -0.495. The minimum absolute atomic E-state index is 0.233. The van der Waals surface area contributed by atoms with Crippen molar-refractivity contribution < 1.29 is 9.53 Å². The van der Waals surface area contributed by atoms with Gasteiger partial charge in [-0.3, -0.25) is 4.79 Å². The molecular formula is C28H31NO2. The van der Waals surface area contributed by atoms with Gasteiger partial charge in [0.15, 0.2) is 5.78 Å². The second-order valence-electron chi connectivity index (χ2n) is 8.40. The van der Waals surface area contributed by atoms with E-state index in [1.165, 1.54) is 16.8 Å². The largest absolute Gasteiger partial charge is 0.378 e. The number of carbonyl (C=O) groups is 1. The Bertz CT molecular complexity index is 980. The average molecular weight is 414 g/mol. The van der Waals surface area contributed by atoms with Gasteiger partial charge in [0.25, 0.3) is 0 Å². The Balaban J connectivity index is 1.73. The third-order valence-corrected chi connectivity index (χ3v) is 6.45. The molecule has 160 valence electrons. The summed E-state index contributed by atoms with van der Waals surface area (Å²) in [6.07, 6.45) is 2.24. The van der Waals surface area contributed by atoms with Gasteiger partial charge < -0.3 is 9.64 Å². The van der Waals surface area contributed by atoms with Gasteiger partial charge in [0.2, 0.25) is 0 Å². The van der Waals surface area contributed by atoms with Gasteiger partial charge in [-0.1, -0.05) is 85.8 Å². The molecule has 1 aliphatic rings. The van der Waals surface area contributed by atoms with Gasteiger partial charge in [0.05, 0.1) is 13.2 Å². The number of nitrogens with zero attached hydrogens (tertiary/aromatic N) is 1. The lowest BCUT2D eigenvalue weighted by Crippen LogP contribution is -2.39. The van der Waals surface area contributed by atoms with Crippen LogP contribution in [0.4, 0.5) is 5.69 Å². The molecule has 3 aromatic rings. The summed E-state index contributed by atoms with van der Waals surface area (Å²) in [5.74, 6) is 0.233. The van der Waals surface area contributed by atoms with E-state index in [0.717, 1.165) is 51.1 Å². The maximum absolute atomic E-state index is 14.0. The molecule has 3 aromatic carbocycles. The molecule has 0 amide bonds. The number of carbonyl (C=O) groups excluding carboxylic acids is 1. The molecule has 0 bridgehead atoms. The fourth-order valence-corrected chi connectivity index (χ4v) is 4.65. The number of anilines is 1. The van der Waals surface area contributed by atoms with Gasteiger partial charge >= 0.3 is 0 Å². The molecule has 0 saturated carbocycles. The van der Waals surface area contributed by atoms with Crippen LogP contribution < -0.4 is 4.90 Å². The van der Waals surface area contributed by atoms with Crippen LogP contribution in [-0.4, -0.2) is 32.1 Å². The highest BCUT2D eigenvalue weighted by atomic mass is 16.5. The number of rotatable bonds is 8. The topological polar surface area (TPSA) is 29.5 Å². The first kappa shape index (κ1) is 21.3. The summed E-state index contributed by atoms with van der Waals surface area (Å²) in [5.41, 5.74) is 3.98. The second kappa shape index (κ2) is 9.93. The zero-order valence-corrected chi connectivity index (χ0v) is 18.3. The maximum Gasteiger partial charge on any atom is 0.169 e. The van der Waals surface area contributed by atoms with Crippen molar-refractivity contribution in [3.05, 3.63) is 102 Å². The van der Waals surface area contributed by atoms with Crippen molar-refractivity contribution in [2.24, 2.45) is 5.41 Å². The number of para-hydroxylation sites is 1. The van der Waals surface area contributed by atoms with E-state index in [1.54, 1.807) is 0 Å². The molecular weight excluding hydrogens is 382 g/mol. The minimum Gasteiger partial charge on any atom is -0.378 e. The third kappa shape index (κ3) is 4.88. The highest BCUT2D eigenvalue weighted by Crippen LogP contribution is 2.38. The summed E-state index contributed by atoms with van der Waals surface area (Å²) in [6, 6.07) is 28.8. The molecule has 4 rings (SSSR count). The highest BCUT2D eigenvalue weighted by molar-refractivity contribution is 6.01. The summed E-state index contributed by atoms with van der Waals surface area (Å²) < 4.78 is 5.56. The molecule has 1 saturated heterocycles. The van der Waals surface area contributed by atoms with Gasteiger partial charge in [-0.25, -0.2) is 0 Å². The predicted molar refractivity (Wildman–Crippen MR) is 127 cm³/mol. The number of ketones is 1. The number of hydrogen-bond donors (Lipinski definition) is 0. The van der Waals surface area contributed by atoms with Gasteiger partial charge in [-0.2, -0.15) is 0 Å². The predicted octanol–water partition coefficient (Wildman–Crippen LogP) is 5.59. The first-order valence-corrected chi connectivity index (χ1v) is 11.3. The summed E-state index contributed by atoms with van der Waals surface area (Å²) in [7, 11) is 0. The van der Waals surface area contributed by atoms with Crippen LogP contribution in [0.15, 0.2) is 84.9 Å². The molecule has 0 spiro atoms. The Kier molecular flexibility index (Phi) is 6.83. The summed E-state index contributed by atoms with van der Waals surface area (Å²) in [6.45, 7) is 5.43. The van der Waals surface area contributed by atoms with Crippen LogP contribution in [0.25, 0.3) is 0 Å². The van der Waals surface area contributed by atoms with Gasteiger partial charge in [-0.15, -0.1) is 0 Å². The van der Waals surface area contributed by atoms with Crippen molar-refractivity contribution in [2.45, 2.75) is 26.2 Å². The number of benzene rings is 3. The van der Waals surface area contributed by atoms with Crippen LogP contribution in [-0.2, 0) is 17.6 Å². The molecule has 31 heavy (non-hydrogen) atoms. The van der Waals surface area contributed by atoms with E-state index in [0.29, 0.717) is 0 Å². The first-order chi connectivity index (χ1) is 15.2.